The van der Waals surface area contributed by atoms with Crippen LogP contribution in [0.2, 0.25) is 0 Å². The SMILES string of the molecule is CCCCCCCCOC(C)c1cc[c]cc1. The molecular formula is C16H25O. The second-order valence-corrected chi connectivity index (χ2v) is 4.61. The Balaban J connectivity index is 2.03. The van der Waals surface area contributed by atoms with Crippen LogP contribution in [0.25, 0.3) is 0 Å². The Morgan fingerprint density at radius 1 is 1.06 bits per heavy atom. The molecule has 0 bridgehead atoms. The molecule has 17 heavy (non-hydrogen) atoms. The van der Waals surface area contributed by atoms with Gasteiger partial charge in [-0.1, -0.05) is 63.3 Å². The Morgan fingerprint density at radius 2 is 1.71 bits per heavy atom. The smallest absolute Gasteiger partial charge is 0.0796 e. The van der Waals surface area contributed by atoms with Gasteiger partial charge in [0.05, 0.1) is 6.10 Å². The molecule has 0 fully saturated rings. The van der Waals surface area contributed by atoms with Crippen molar-refractivity contribution in [2.75, 3.05) is 6.61 Å². The van der Waals surface area contributed by atoms with E-state index < -0.39 is 0 Å². The molecule has 0 aromatic heterocycles. The van der Waals surface area contributed by atoms with Gasteiger partial charge in [0, 0.05) is 6.61 Å². The van der Waals surface area contributed by atoms with Crippen LogP contribution in [0.3, 0.4) is 0 Å². The van der Waals surface area contributed by atoms with E-state index in [0.717, 1.165) is 6.61 Å². The van der Waals surface area contributed by atoms with Gasteiger partial charge < -0.3 is 4.74 Å². The number of unbranched alkanes of at least 4 members (excludes halogenated alkanes) is 5. The average Bonchev–Trinajstić information content (AvgIpc) is 2.38. The maximum Gasteiger partial charge on any atom is 0.0796 e. The molecular weight excluding hydrogens is 208 g/mol. The van der Waals surface area contributed by atoms with Crippen molar-refractivity contribution in [3.05, 3.63) is 35.9 Å². The third kappa shape index (κ3) is 6.48. The first kappa shape index (κ1) is 14.2. The predicted molar refractivity (Wildman–Crippen MR) is 73.0 cm³/mol. The zero-order chi connectivity index (χ0) is 12.3. The van der Waals surface area contributed by atoms with Gasteiger partial charge in [0.1, 0.15) is 0 Å². The lowest BCUT2D eigenvalue weighted by molar-refractivity contribution is 0.0627. The zero-order valence-electron chi connectivity index (χ0n) is 11.2. The lowest BCUT2D eigenvalue weighted by Gasteiger charge is -2.13. The topological polar surface area (TPSA) is 9.23 Å². The van der Waals surface area contributed by atoms with Gasteiger partial charge >= 0.3 is 0 Å². The fourth-order valence-corrected chi connectivity index (χ4v) is 1.91. The summed E-state index contributed by atoms with van der Waals surface area (Å²) in [6.45, 7) is 5.25. The number of hydrogen-bond donors (Lipinski definition) is 0. The molecule has 1 unspecified atom stereocenters. The van der Waals surface area contributed by atoms with Crippen LogP contribution in [0, 0.1) is 6.07 Å². The molecule has 1 rings (SSSR count). The van der Waals surface area contributed by atoms with E-state index >= 15 is 0 Å². The highest BCUT2D eigenvalue weighted by Gasteiger charge is 2.03. The summed E-state index contributed by atoms with van der Waals surface area (Å²) < 4.78 is 5.82. The minimum absolute atomic E-state index is 0.209. The lowest BCUT2D eigenvalue weighted by Crippen LogP contribution is -2.01. The number of ether oxygens (including phenoxy) is 1. The first-order valence-corrected chi connectivity index (χ1v) is 6.92. The first-order valence-electron chi connectivity index (χ1n) is 6.92. The fraction of sp³-hybridized carbons (Fsp3) is 0.625. The van der Waals surface area contributed by atoms with Crippen LogP contribution < -0.4 is 0 Å². The van der Waals surface area contributed by atoms with Crippen LogP contribution in [0.1, 0.15) is 64.0 Å². The first-order chi connectivity index (χ1) is 8.34. The van der Waals surface area contributed by atoms with E-state index in [2.05, 4.69) is 32.0 Å². The molecule has 0 heterocycles. The number of rotatable bonds is 9. The van der Waals surface area contributed by atoms with E-state index in [9.17, 15) is 0 Å². The Morgan fingerprint density at radius 3 is 2.41 bits per heavy atom. The largest absolute Gasteiger partial charge is 0.374 e. The fourth-order valence-electron chi connectivity index (χ4n) is 1.91. The summed E-state index contributed by atoms with van der Waals surface area (Å²) in [7, 11) is 0. The highest BCUT2D eigenvalue weighted by atomic mass is 16.5. The van der Waals surface area contributed by atoms with Crippen molar-refractivity contribution in [2.24, 2.45) is 0 Å². The molecule has 1 heteroatoms. The Hall–Kier alpha value is -0.820. The van der Waals surface area contributed by atoms with Gasteiger partial charge in [-0.3, -0.25) is 0 Å². The molecule has 1 aromatic rings. The molecule has 0 aliphatic carbocycles. The quantitative estimate of drug-likeness (QED) is 0.550. The van der Waals surface area contributed by atoms with Gasteiger partial charge in [-0.2, -0.15) is 0 Å². The summed E-state index contributed by atoms with van der Waals surface area (Å²) in [5.41, 5.74) is 1.25. The summed E-state index contributed by atoms with van der Waals surface area (Å²) in [6.07, 6.45) is 8.12. The van der Waals surface area contributed by atoms with E-state index in [1.165, 1.54) is 44.1 Å². The molecule has 1 atom stereocenters. The van der Waals surface area contributed by atoms with Gasteiger partial charge in [-0.05, 0) is 25.0 Å². The third-order valence-corrected chi connectivity index (χ3v) is 3.08. The molecule has 0 saturated heterocycles. The van der Waals surface area contributed by atoms with Crippen LogP contribution in [-0.2, 0) is 4.74 Å². The highest BCUT2D eigenvalue weighted by molar-refractivity contribution is 5.15. The van der Waals surface area contributed by atoms with Gasteiger partial charge in [0.2, 0.25) is 0 Å². The van der Waals surface area contributed by atoms with Gasteiger partial charge in [0.15, 0.2) is 0 Å². The normalized spacial score (nSPS) is 12.6. The van der Waals surface area contributed by atoms with Crippen molar-refractivity contribution in [1.82, 2.24) is 0 Å². The number of benzene rings is 1. The van der Waals surface area contributed by atoms with Crippen LogP contribution in [0.4, 0.5) is 0 Å². The second kappa shape index (κ2) is 9.23. The van der Waals surface area contributed by atoms with E-state index in [-0.39, 0.29) is 6.10 Å². The summed E-state index contributed by atoms with van der Waals surface area (Å²) >= 11 is 0. The molecule has 1 radical (unpaired) electrons. The van der Waals surface area contributed by atoms with Gasteiger partial charge in [-0.25, -0.2) is 0 Å². The average molecular weight is 233 g/mol. The Labute approximate surface area is 106 Å². The third-order valence-electron chi connectivity index (χ3n) is 3.08. The minimum atomic E-state index is 0.209. The molecule has 95 valence electrons. The highest BCUT2D eigenvalue weighted by Crippen LogP contribution is 2.16. The maximum atomic E-state index is 5.82. The second-order valence-electron chi connectivity index (χ2n) is 4.61. The molecule has 0 aliphatic heterocycles. The maximum absolute atomic E-state index is 5.82. The Bertz CT molecular complexity index is 268. The molecule has 0 aliphatic rings. The monoisotopic (exact) mass is 233 g/mol. The Kier molecular flexibility index (Phi) is 7.74. The number of hydrogen-bond acceptors (Lipinski definition) is 1. The van der Waals surface area contributed by atoms with Crippen LogP contribution in [-0.4, -0.2) is 6.61 Å². The van der Waals surface area contributed by atoms with Crippen molar-refractivity contribution in [1.29, 1.82) is 0 Å². The van der Waals surface area contributed by atoms with E-state index in [1.54, 1.807) is 0 Å². The van der Waals surface area contributed by atoms with Gasteiger partial charge in [-0.15, -0.1) is 0 Å². The standard InChI is InChI=1S/C16H25O/c1-3-4-5-6-7-11-14-17-15(2)16-12-9-8-10-13-16/h9-10,12-13,15H,3-7,11,14H2,1-2H3. The van der Waals surface area contributed by atoms with E-state index in [0.29, 0.717) is 0 Å². The minimum Gasteiger partial charge on any atom is -0.374 e. The molecule has 0 spiro atoms. The molecule has 0 amide bonds. The summed E-state index contributed by atoms with van der Waals surface area (Å²) in [5.74, 6) is 0. The van der Waals surface area contributed by atoms with Crippen LogP contribution in [0.5, 0.6) is 0 Å². The van der Waals surface area contributed by atoms with Crippen molar-refractivity contribution in [3.8, 4) is 0 Å². The lowest BCUT2D eigenvalue weighted by atomic mass is 10.1. The van der Waals surface area contributed by atoms with Crippen molar-refractivity contribution < 1.29 is 4.74 Å². The van der Waals surface area contributed by atoms with Crippen molar-refractivity contribution in [3.63, 3.8) is 0 Å². The molecule has 0 N–H and O–H groups in total. The molecule has 1 aromatic carbocycles. The summed E-state index contributed by atoms with van der Waals surface area (Å²) in [4.78, 5) is 0. The van der Waals surface area contributed by atoms with Crippen molar-refractivity contribution >= 4 is 0 Å². The molecule has 1 nitrogen and oxygen atoms in total. The van der Waals surface area contributed by atoms with Crippen LogP contribution >= 0.6 is 0 Å². The van der Waals surface area contributed by atoms with E-state index in [1.807, 2.05) is 12.1 Å². The van der Waals surface area contributed by atoms with Gasteiger partial charge in [0.25, 0.3) is 0 Å². The molecule has 0 saturated carbocycles. The predicted octanol–water partition coefficient (Wildman–Crippen LogP) is 4.92. The zero-order valence-corrected chi connectivity index (χ0v) is 11.2. The van der Waals surface area contributed by atoms with E-state index in [4.69, 9.17) is 4.74 Å². The van der Waals surface area contributed by atoms with Crippen molar-refractivity contribution in [2.45, 2.75) is 58.5 Å². The summed E-state index contributed by atoms with van der Waals surface area (Å²) in [6, 6.07) is 11.1. The summed E-state index contributed by atoms with van der Waals surface area (Å²) in [5, 5.41) is 0. The van der Waals surface area contributed by atoms with Crippen LogP contribution in [0.15, 0.2) is 24.3 Å².